The Hall–Kier alpha value is -1.30. The minimum absolute atomic E-state index is 0.0902. The van der Waals surface area contributed by atoms with Crippen LogP contribution in [0.3, 0.4) is 0 Å². The van der Waals surface area contributed by atoms with Crippen LogP contribution in [-0.2, 0) is 14.3 Å². The number of esters is 1. The van der Waals surface area contributed by atoms with Crippen molar-refractivity contribution in [3.8, 4) is 0 Å². The zero-order chi connectivity index (χ0) is 13.9. The van der Waals surface area contributed by atoms with Crippen LogP contribution < -0.4 is 11.1 Å². The van der Waals surface area contributed by atoms with Gasteiger partial charge in [-0.1, -0.05) is 0 Å². The zero-order valence-corrected chi connectivity index (χ0v) is 11.4. The first-order valence-electron chi connectivity index (χ1n) is 6.05. The Labute approximate surface area is 107 Å². The van der Waals surface area contributed by atoms with Gasteiger partial charge in [0.15, 0.2) is 0 Å². The summed E-state index contributed by atoms with van der Waals surface area (Å²) in [6.45, 7) is 5.89. The van der Waals surface area contributed by atoms with Crippen LogP contribution in [-0.4, -0.2) is 37.4 Å². The summed E-state index contributed by atoms with van der Waals surface area (Å²) in [7, 11) is 1.32. The van der Waals surface area contributed by atoms with Gasteiger partial charge in [-0.2, -0.15) is 0 Å². The molecule has 3 atom stereocenters. The molecule has 0 aromatic rings. The molecule has 0 spiro atoms. The summed E-state index contributed by atoms with van der Waals surface area (Å²) in [5.74, 6) is -0.0845. The average molecular weight is 258 g/mol. The Kier molecular flexibility index (Phi) is 4.56. The van der Waals surface area contributed by atoms with Gasteiger partial charge >= 0.3 is 12.1 Å². The number of hydrogen-bond acceptors (Lipinski definition) is 5. The third-order valence-corrected chi connectivity index (χ3v) is 2.82. The number of nitrogens with one attached hydrogen (secondary N) is 1. The normalized spacial score (nSPS) is 24.1. The van der Waals surface area contributed by atoms with Gasteiger partial charge in [-0.05, 0) is 39.0 Å². The van der Waals surface area contributed by atoms with Gasteiger partial charge in [0.25, 0.3) is 0 Å². The molecule has 104 valence electrons. The van der Waals surface area contributed by atoms with E-state index in [2.05, 4.69) is 10.1 Å². The summed E-state index contributed by atoms with van der Waals surface area (Å²) in [6.07, 6.45) is 0.381. The Balaban J connectivity index is 2.24. The van der Waals surface area contributed by atoms with E-state index in [1.807, 2.05) is 0 Å². The molecule has 3 unspecified atom stereocenters. The zero-order valence-electron chi connectivity index (χ0n) is 11.4. The summed E-state index contributed by atoms with van der Waals surface area (Å²) in [6, 6.07) is -0.597. The lowest BCUT2D eigenvalue weighted by Gasteiger charge is -2.19. The highest BCUT2D eigenvalue weighted by molar-refractivity contribution is 5.76. The molecule has 1 fully saturated rings. The molecule has 0 aliphatic heterocycles. The standard InChI is InChI=1S/C12H22N2O4/c1-12(2,3)18-11(16)14-6-7-5-8(7)9(13)10(15)17-4/h7-9H,5-6,13H2,1-4H3,(H,14,16). The van der Waals surface area contributed by atoms with Gasteiger partial charge in [-0.15, -0.1) is 0 Å². The number of amides is 1. The van der Waals surface area contributed by atoms with Crippen LogP contribution in [0.15, 0.2) is 0 Å². The Morgan fingerprint density at radius 1 is 1.44 bits per heavy atom. The molecule has 1 saturated carbocycles. The van der Waals surface area contributed by atoms with E-state index >= 15 is 0 Å². The lowest BCUT2D eigenvalue weighted by Crippen LogP contribution is -2.37. The molecule has 0 aromatic carbocycles. The highest BCUT2D eigenvalue weighted by atomic mass is 16.6. The number of rotatable bonds is 4. The van der Waals surface area contributed by atoms with Crippen LogP contribution >= 0.6 is 0 Å². The molecule has 1 amide bonds. The Bertz CT molecular complexity index is 325. The number of ether oxygens (including phenoxy) is 2. The fourth-order valence-corrected chi connectivity index (χ4v) is 1.79. The molecule has 6 nitrogen and oxygen atoms in total. The van der Waals surface area contributed by atoms with Crippen LogP contribution in [0.25, 0.3) is 0 Å². The summed E-state index contributed by atoms with van der Waals surface area (Å²) in [5, 5.41) is 2.67. The fraction of sp³-hybridized carbons (Fsp3) is 0.833. The molecule has 3 N–H and O–H groups in total. The highest BCUT2D eigenvalue weighted by Crippen LogP contribution is 2.40. The second-order valence-electron chi connectivity index (χ2n) is 5.59. The van der Waals surface area contributed by atoms with Crippen molar-refractivity contribution in [1.82, 2.24) is 5.32 Å². The van der Waals surface area contributed by atoms with Crippen LogP contribution in [0.5, 0.6) is 0 Å². The minimum Gasteiger partial charge on any atom is -0.468 e. The molecule has 0 saturated heterocycles. The molecule has 6 heteroatoms. The highest BCUT2D eigenvalue weighted by Gasteiger charge is 2.44. The van der Waals surface area contributed by atoms with Crippen molar-refractivity contribution in [2.45, 2.75) is 38.8 Å². The maximum Gasteiger partial charge on any atom is 0.407 e. The molecule has 1 aliphatic carbocycles. The molecule has 1 rings (SSSR count). The number of hydrogen-bond donors (Lipinski definition) is 2. The smallest absolute Gasteiger partial charge is 0.407 e. The van der Waals surface area contributed by atoms with Crippen molar-refractivity contribution < 1.29 is 19.1 Å². The van der Waals surface area contributed by atoms with E-state index in [0.717, 1.165) is 6.42 Å². The van der Waals surface area contributed by atoms with E-state index in [9.17, 15) is 9.59 Å². The van der Waals surface area contributed by atoms with Gasteiger partial charge in [0.05, 0.1) is 7.11 Å². The first-order chi connectivity index (χ1) is 8.24. The van der Waals surface area contributed by atoms with Gasteiger partial charge in [0, 0.05) is 6.54 Å². The molecular weight excluding hydrogens is 236 g/mol. The molecular formula is C12H22N2O4. The predicted octanol–water partition coefficient (Wildman–Crippen LogP) is 0.647. The second kappa shape index (κ2) is 5.56. The molecule has 18 heavy (non-hydrogen) atoms. The lowest BCUT2D eigenvalue weighted by molar-refractivity contribution is -0.142. The van der Waals surface area contributed by atoms with E-state index in [0.29, 0.717) is 6.54 Å². The fourth-order valence-electron chi connectivity index (χ4n) is 1.79. The first kappa shape index (κ1) is 14.8. The van der Waals surface area contributed by atoms with Gasteiger partial charge in [-0.25, -0.2) is 4.79 Å². The number of nitrogens with two attached hydrogens (primary N) is 1. The van der Waals surface area contributed by atoms with Gasteiger partial charge in [0.1, 0.15) is 11.6 Å². The number of carbonyl (C=O) groups is 2. The van der Waals surface area contributed by atoms with E-state index < -0.39 is 23.7 Å². The first-order valence-corrected chi connectivity index (χ1v) is 6.05. The minimum atomic E-state index is -0.597. The molecule has 1 aliphatic rings. The number of alkyl carbamates (subject to hydrolysis) is 1. The van der Waals surface area contributed by atoms with Gasteiger partial charge in [-0.3, -0.25) is 4.79 Å². The summed E-state index contributed by atoms with van der Waals surface area (Å²) < 4.78 is 9.68. The average Bonchev–Trinajstić information content (AvgIpc) is 3.01. The third kappa shape index (κ3) is 4.52. The lowest BCUT2D eigenvalue weighted by atomic mass is 10.1. The SMILES string of the molecule is COC(=O)C(N)C1CC1CNC(=O)OC(C)(C)C. The molecule has 0 bridgehead atoms. The number of carbonyl (C=O) groups excluding carboxylic acids is 2. The monoisotopic (exact) mass is 258 g/mol. The molecule has 0 aromatic heterocycles. The van der Waals surface area contributed by atoms with Gasteiger partial charge < -0.3 is 20.5 Å². The molecule has 0 heterocycles. The quantitative estimate of drug-likeness (QED) is 0.722. The van der Waals surface area contributed by atoms with Crippen molar-refractivity contribution in [1.29, 1.82) is 0 Å². The van der Waals surface area contributed by atoms with E-state index in [-0.39, 0.29) is 11.8 Å². The van der Waals surface area contributed by atoms with Crippen molar-refractivity contribution >= 4 is 12.1 Å². The van der Waals surface area contributed by atoms with Gasteiger partial charge in [0.2, 0.25) is 0 Å². The van der Waals surface area contributed by atoms with Crippen molar-refractivity contribution in [2.24, 2.45) is 17.6 Å². The van der Waals surface area contributed by atoms with E-state index in [1.165, 1.54) is 7.11 Å². The van der Waals surface area contributed by atoms with Crippen LogP contribution in [0.1, 0.15) is 27.2 Å². The molecule has 0 radical (unpaired) electrons. The van der Waals surface area contributed by atoms with Crippen molar-refractivity contribution in [2.75, 3.05) is 13.7 Å². The topological polar surface area (TPSA) is 90.6 Å². The maximum absolute atomic E-state index is 11.4. The van der Waals surface area contributed by atoms with Crippen molar-refractivity contribution in [3.05, 3.63) is 0 Å². The summed E-state index contributed by atoms with van der Waals surface area (Å²) in [5.41, 5.74) is 5.21. The van der Waals surface area contributed by atoms with Crippen LogP contribution in [0, 0.1) is 11.8 Å². The Morgan fingerprint density at radius 2 is 2.06 bits per heavy atom. The van der Waals surface area contributed by atoms with E-state index in [4.69, 9.17) is 10.5 Å². The summed E-state index contributed by atoms with van der Waals surface area (Å²) in [4.78, 5) is 22.6. The number of methoxy groups -OCH3 is 1. The summed E-state index contributed by atoms with van der Waals surface area (Å²) >= 11 is 0. The maximum atomic E-state index is 11.4. The van der Waals surface area contributed by atoms with Crippen molar-refractivity contribution in [3.63, 3.8) is 0 Å². The third-order valence-electron chi connectivity index (χ3n) is 2.82. The predicted molar refractivity (Wildman–Crippen MR) is 65.8 cm³/mol. The second-order valence-corrected chi connectivity index (χ2v) is 5.59. The Morgan fingerprint density at radius 3 is 2.56 bits per heavy atom. The van der Waals surface area contributed by atoms with Crippen LogP contribution in [0.2, 0.25) is 0 Å². The van der Waals surface area contributed by atoms with E-state index in [1.54, 1.807) is 20.8 Å². The largest absolute Gasteiger partial charge is 0.468 e. The van der Waals surface area contributed by atoms with Crippen LogP contribution in [0.4, 0.5) is 4.79 Å².